The maximum atomic E-state index is 11.7. The molecule has 1 fully saturated rings. The molecule has 0 aromatic carbocycles. The second-order valence-electron chi connectivity index (χ2n) is 5.61. The van der Waals surface area contributed by atoms with E-state index in [2.05, 4.69) is 9.97 Å². The van der Waals surface area contributed by atoms with Gasteiger partial charge in [-0.15, -0.1) is 0 Å². The van der Waals surface area contributed by atoms with Crippen molar-refractivity contribution >= 4 is 22.8 Å². The Hall–Kier alpha value is -2.15. The summed E-state index contributed by atoms with van der Waals surface area (Å²) < 4.78 is 1.88. The van der Waals surface area contributed by atoms with Gasteiger partial charge in [-0.05, 0) is 32.6 Å². The van der Waals surface area contributed by atoms with Crippen LogP contribution in [0.3, 0.4) is 0 Å². The minimum absolute atomic E-state index is 0.123. The molecule has 1 amide bonds. The number of hydrogen-bond acceptors (Lipinski definition) is 5. The molecule has 2 aromatic rings. The van der Waals surface area contributed by atoms with E-state index in [9.17, 15) is 9.90 Å². The van der Waals surface area contributed by atoms with Crippen molar-refractivity contribution in [3.63, 3.8) is 0 Å². The van der Waals surface area contributed by atoms with Gasteiger partial charge in [0.15, 0.2) is 0 Å². The van der Waals surface area contributed by atoms with E-state index in [0.717, 1.165) is 25.7 Å². The van der Waals surface area contributed by atoms with E-state index >= 15 is 0 Å². The van der Waals surface area contributed by atoms with E-state index in [4.69, 9.17) is 11.5 Å². The van der Waals surface area contributed by atoms with Crippen LogP contribution < -0.4 is 11.5 Å². The zero-order valence-corrected chi connectivity index (χ0v) is 11.9. The first-order chi connectivity index (χ1) is 9.99. The van der Waals surface area contributed by atoms with Crippen molar-refractivity contribution in [1.82, 2.24) is 14.5 Å². The molecule has 0 unspecified atom stereocenters. The van der Waals surface area contributed by atoms with Gasteiger partial charge in [0, 0.05) is 12.2 Å². The molecule has 112 valence electrons. The molecule has 2 aromatic heterocycles. The molecule has 1 aliphatic carbocycles. The monoisotopic (exact) mass is 289 g/mol. The molecule has 1 aliphatic rings. The van der Waals surface area contributed by atoms with Crippen LogP contribution in [0.2, 0.25) is 0 Å². The summed E-state index contributed by atoms with van der Waals surface area (Å²) in [5, 5.41) is 10.2. The van der Waals surface area contributed by atoms with Crippen LogP contribution in [0.5, 0.6) is 0 Å². The molecule has 0 radical (unpaired) electrons. The Bertz CT molecular complexity index is 701. The van der Waals surface area contributed by atoms with Crippen LogP contribution >= 0.6 is 0 Å². The fourth-order valence-electron chi connectivity index (χ4n) is 3.14. The average molecular weight is 289 g/mol. The number of nitrogens with zero attached hydrogens (tertiary/aromatic N) is 3. The Morgan fingerprint density at radius 1 is 1.38 bits per heavy atom. The molecule has 5 N–H and O–H groups in total. The number of anilines is 1. The Kier molecular flexibility index (Phi) is 3.29. The number of nitrogen functional groups attached to an aromatic ring is 1. The molecule has 0 bridgehead atoms. The highest BCUT2D eigenvalue weighted by molar-refractivity contribution is 6.10. The Balaban J connectivity index is 2.19. The van der Waals surface area contributed by atoms with Crippen LogP contribution in [-0.2, 0) is 0 Å². The van der Waals surface area contributed by atoms with Gasteiger partial charge in [0.2, 0.25) is 0 Å². The average Bonchev–Trinajstić information content (AvgIpc) is 2.71. The number of aryl methyl sites for hydroxylation is 1. The molecule has 7 nitrogen and oxygen atoms in total. The quantitative estimate of drug-likeness (QED) is 0.758. The minimum Gasteiger partial charge on any atom is -0.393 e. The molecule has 0 saturated heterocycles. The highest BCUT2D eigenvalue weighted by Crippen LogP contribution is 2.36. The zero-order chi connectivity index (χ0) is 15.1. The summed E-state index contributed by atoms with van der Waals surface area (Å²) in [6.07, 6.45) is 4.39. The molecule has 0 spiro atoms. The van der Waals surface area contributed by atoms with Gasteiger partial charge in [0.25, 0.3) is 5.91 Å². The number of fused-ring (bicyclic) bond motifs is 1. The number of rotatable bonds is 2. The van der Waals surface area contributed by atoms with E-state index in [1.165, 1.54) is 0 Å². The summed E-state index contributed by atoms with van der Waals surface area (Å²) in [7, 11) is 0. The number of carbonyl (C=O) groups is 1. The lowest BCUT2D eigenvalue weighted by atomic mass is 9.93. The lowest BCUT2D eigenvalue weighted by molar-refractivity contribution is 0.100. The Labute approximate surface area is 122 Å². The maximum absolute atomic E-state index is 11.7. The molecular formula is C14H19N5O2. The number of hydrogen-bond donors (Lipinski definition) is 3. The van der Waals surface area contributed by atoms with Gasteiger partial charge in [-0.25, -0.2) is 9.97 Å². The first-order valence-corrected chi connectivity index (χ1v) is 7.10. The van der Waals surface area contributed by atoms with Crippen molar-refractivity contribution in [2.75, 3.05) is 5.73 Å². The molecule has 0 aliphatic heterocycles. The predicted octanol–water partition coefficient (Wildman–Crippen LogP) is 0.897. The highest BCUT2D eigenvalue weighted by atomic mass is 16.3. The standard InChI is InChI=1S/C14H19N5O2/c1-7-17-6-10-11(13(16)21)12(15)19(14(10)18-7)8-2-4-9(20)5-3-8/h6,8-9,20H,2-5,15H2,1H3,(H2,16,21)/t8-,9-. The third kappa shape index (κ3) is 2.23. The molecule has 3 rings (SSSR count). The second kappa shape index (κ2) is 5.00. The van der Waals surface area contributed by atoms with Crippen LogP contribution in [-0.4, -0.2) is 31.7 Å². The summed E-state index contributed by atoms with van der Waals surface area (Å²) in [5.74, 6) is 0.395. The topological polar surface area (TPSA) is 120 Å². The van der Waals surface area contributed by atoms with Crippen LogP contribution in [0.15, 0.2) is 6.20 Å². The zero-order valence-electron chi connectivity index (χ0n) is 11.9. The van der Waals surface area contributed by atoms with Crippen molar-refractivity contribution in [3.05, 3.63) is 17.6 Å². The first-order valence-electron chi connectivity index (χ1n) is 7.10. The Morgan fingerprint density at radius 2 is 2.05 bits per heavy atom. The largest absolute Gasteiger partial charge is 0.393 e. The number of nitrogens with two attached hydrogens (primary N) is 2. The van der Waals surface area contributed by atoms with Crippen molar-refractivity contribution < 1.29 is 9.90 Å². The van der Waals surface area contributed by atoms with Gasteiger partial charge in [0.05, 0.1) is 17.1 Å². The smallest absolute Gasteiger partial charge is 0.253 e. The summed E-state index contributed by atoms with van der Waals surface area (Å²) in [6, 6.07) is 0.123. The van der Waals surface area contributed by atoms with Gasteiger partial charge < -0.3 is 21.1 Å². The fourth-order valence-corrected chi connectivity index (χ4v) is 3.14. The van der Waals surface area contributed by atoms with Crippen LogP contribution in [0.25, 0.3) is 11.0 Å². The molecular weight excluding hydrogens is 270 g/mol. The van der Waals surface area contributed by atoms with Crippen LogP contribution in [0, 0.1) is 6.92 Å². The number of aliphatic hydroxyl groups is 1. The van der Waals surface area contributed by atoms with Gasteiger partial charge in [-0.1, -0.05) is 0 Å². The van der Waals surface area contributed by atoms with Crippen molar-refractivity contribution in [2.45, 2.75) is 44.8 Å². The van der Waals surface area contributed by atoms with Gasteiger partial charge in [-0.3, -0.25) is 4.79 Å². The number of aliphatic hydroxyl groups excluding tert-OH is 1. The fraction of sp³-hybridized carbons (Fsp3) is 0.500. The van der Waals surface area contributed by atoms with Crippen LogP contribution in [0.4, 0.5) is 5.82 Å². The van der Waals surface area contributed by atoms with E-state index in [0.29, 0.717) is 22.7 Å². The van der Waals surface area contributed by atoms with Gasteiger partial charge in [0.1, 0.15) is 17.3 Å². The maximum Gasteiger partial charge on any atom is 0.253 e. The SMILES string of the molecule is Cc1ncc2c(C(N)=O)c(N)n([C@H]3CC[C@H](O)CC3)c2n1. The number of carbonyl (C=O) groups excluding carboxylic acids is 1. The van der Waals surface area contributed by atoms with Crippen molar-refractivity contribution in [3.8, 4) is 0 Å². The third-order valence-corrected chi connectivity index (χ3v) is 4.18. The molecule has 21 heavy (non-hydrogen) atoms. The van der Waals surface area contributed by atoms with E-state index in [-0.39, 0.29) is 17.7 Å². The number of aromatic nitrogens is 3. The first kappa shape index (κ1) is 13.8. The van der Waals surface area contributed by atoms with Crippen molar-refractivity contribution in [2.24, 2.45) is 5.73 Å². The van der Waals surface area contributed by atoms with E-state index in [1.807, 2.05) is 4.57 Å². The summed E-state index contributed by atoms with van der Waals surface area (Å²) in [6.45, 7) is 1.79. The number of primary amides is 1. The summed E-state index contributed by atoms with van der Waals surface area (Å²) >= 11 is 0. The van der Waals surface area contributed by atoms with E-state index in [1.54, 1.807) is 13.1 Å². The predicted molar refractivity (Wildman–Crippen MR) is 78.7 cm³/mol. The third-order valence-electron chi connectivity index (χ3n) is 4.18. The minimum atomic E-state index is -0.570. The molecule has 0 atom stereocenters. The van der Waals surface area contributed by atoms with Gasteiger partial charge in [-0.2, -0.15) is 0 Å². The summed E-state index contributed by atoms with van der Waals surface area (Å²) in [5.41, 5.74) is 12.6. The Morgan fingerprint density at radius 3 is 2.67 bits per heavy atom. The van der Waals surface area contributed by atoms with Crippen molar-refractivity contribution in [1.29, 1.82) is 0 Å². The molecule has 1 saturated carbocycles. The lowest BCUT2D eigenvalue weighted by Gasteiger charge is -2.27. The molecule has 2 heterocycles. The normalized spacial score (nSPS) is 22.6. The lowest BCUT2D eigenvalue weighted by Crippen LogP contribution is -2.23. The second-order valence-corrected chi connectivity index (χ2v) is 5.61. The van der Waals surface area contributed by atoms with Gasteiger partial charge >= 0.3 is 0 Å². The van der Waals surface area contributed by atoms with Crippen LogP contribution in [0.1, 0.15) is 47.9 Å². The highest BCUT2D eigenvalue weighted by Gasteiger charge is 2.28. The number of amides is 1. The van der Waals surface area contributed by atoms with E-state index < -0.39 is 5.91 Å². The molecule has 7 heteroatoms. The summed E-state index contributed by atoms with van der Waals surface area (Å²) in [4.78, 5) is 20.3.